The first-order valence-corrected chi connectivity index (χ1v) is 18.4. The summed E-state index contributed by atoms with van der Waals surface area (Å²) >= 11 is 27.0. The van der Waals surface area contributed by atoms with Crippen LogP contribution in [0.4, 0.5) is 17.1 Å². The van der Waals surface area contributed by atoms with E-state index in [0.717, 1.165) is 31.4 Å². The second-order valence-electron chi connectivity index (χ2n) is 11.1. The number of unbranched alkanes of at least 4 members (excludes halogenated alkanes) is 11. The van der Waals surface area contributed by atoms with Crippen LogP contribution >= 0.6 is 58.2 Å². The van der Waals surface area contributed by atoms with E-state index in [9.17, 15) is 9.59 Å². The van der Waals surface area contributed by atoms with Gasteiger partial charge in [-0.25, -0.2) is 0 Å². The molecule has 0 aromatic heterocycles. The van der Waals surface area contributed by atoms with E-state index < -0.39 is 5.25 Å². The van der Waals surface area contributed by atoms with Crippen LogP contribution in [0.5, 0.6) is 0 Å². The summed E-state index contributed by atoms with van der Waals surface area (Å²) < 4.78 is 0. The minimum atomic E-state index is -0.611. The molecule has 2 amide bonds. The lowest BCUT2D eigenvalue weighted by atomic mass is 10.1. The topological polar surface area (TPSA) is 73.8 Å². The Morgan fingerprint density at radius 2 is 1.41 bits per heavy atom. The van der Waals surface area contributed by atoms with Crippen LogP contribution < -0.4 is 15.6 Å². The number of rotatable bonds is 19. The maximum Gasteiger partial charge on any atom is 0.268 e. The van der Waals surface area contributed by atoms with E-state index in [1.807, 2.05) is 0 Å². The Morgan fingerprint density at radius 1 is 0.818 bits per heavy atom. The van der Waals surface area contributed by atoms with Gasteiger partial charge in [-0.3, -0.25) is 9.59 Å². The molecule has 6 nitrogen and oxygen atoms in total. The molecule has 44 heavy (non-hydrogen) atoms. The second kappa shape index (κ2) is 19.8. The summed E-state index contributed by atoms with van der Waals surface area (Å²) in [5, 5.41) is 12.6. The fraction of sp³-hybridized carbons (Fsp3) is 0.545. The number of hydrogen-bond donors (Lipinski definition) is 2. The van der Waals surface area contributed by atoms with Crippen LogP contribution in [0.25, 0.3) is 0 Å². The molecule has 1 atom stereocenters. The van der Waals surface area contributed by atoms with Crippen molar-refractivity contribution in [2.45, 2.75) is 109 Å². The minimum absolute atomic E-state index is 0.0335. The van der Waals surface area contributed by atoms with E-state index in [2.05, 4.69) is 29.6 Å². The van der Waals surface area contributed by atoms with Crippen LogP contribution in [0.3, 0.4) is 0 Å². The van der Waals surface area contributed by atoms with Gasteiger partial charge in [0.25, 0.3) is 5.91 Å². The third-order valence-electron chi connectivity index (χ3n) is 7.39. The molecule has 1 aliphatic heterocycles. The Bertz CT molecular complexity index is 1250. The van der Waals surface area contributed by atoms with Crippen molar-refractivity contribution in [2.75, 3.05) is 21.4 Å². The van der Waals surface area contributed by atoms with Crippen molar-refractivity contribution < 1.29 is 9.59 Å². The monoisotopic (exact) mass is 700 g/mol. The lowest BCUT2D eigenvalue weighted by molar-refractivity contribution is -0.117. The number of halogens is 4. The summed E-state index contributed by atoms with van der Waals surface area (Å²) in [5.74, 6) is 0.873. The van der Waals surface area contributed by atoms with Gasteiger partial charge in [0.2, 0.25) is 5.91 Å². The molecule has 0 spiro atoms. The van der Waals surface area contributed by atoms with Gasteiger partial charge >= 0.3 is 0 Å². The van der Waals surface area contributed by atoms with Crippen LogP contribution in [0.1, 0.15) is 104 Å². The summed E-state index contributed by atoms with van der Waals surface area (Å²) in [6.07, 6.45) is 16.0. The number of benzene rings is 2. The van der Waals surface area contributed by atoms with Crippen molar-refractivity contribution in [3.8, 4) is 0 Å². The standard InChI is InChI=1S/C33H44Cl4N4O2S/c1-3-5-7-8-9-10-11-12-13-14-15-16-29(42)38-24-17-18-25(35)28(22-24)39-32-31(44-19-6-4-2)33(43)41(40-32)30-26(36)20-23(34)21-27(30)37/h17-18,20-22,31H,3-16,19H2,1-2H3,(H,38,42)(H,39,40). The van der Waals surface area contributed by atoms with Crippen LogP contribution in [-0.2, 0) is 9.59 Å². The quantitative estimate of drug-likeness (QED) is 0.143. The molecule has 2 aromatic rings. The fourth-order valence-corrected chi connectivity index (χ4v) is 7.27. The van der Waals surface area contributed by atoms with E-state index in [1.54, 1.807) is 18.2 Å². The number of anilines is 3. The lowest BCUT2D eigenvalue weighted by Gasteiger charge is -2.17. The molecule has 0 saturated heterocycles. The van der Waals surface area contributed by atoms with Gasteiger partial charge in [0.1, 0.15) is 10.9 Å². The van der Waals surface area contributed by atoms with E-state index in [-0.39, 0.29) is 27.5 Å². The molecule has 242 valence electrons. The van der Waals surface area contributed by atoms with E-state index in [4.69, 9.17) is 46.4 Å². The van der Waals surface area contributed by atoms with Gasteiger partial charge in [-0.1, -0.05) is 131 Å². The zero-order valence-corrected chi connectivity index (χ0v) is 29.5. The number of nitrogens with zero attached hydrogens (tertiary/aromatic N) is 2. The Kier molecular flexibility index (Phi) is 16.6. The summed E-state index contributed by atoms with van der Waals surface area (Å²) in [7, 11) is 0. The first-order chi connectivity index (χ1) is 21.2. The Balaban J connectivity index is 1.58. The van der Waals surface area contributed by atoms with Crippen LogP contribution in [0, 0.1) is 0 Å². The summed E-state index contributed by atoms with van der Waals surface area (Å²) in [5.41, 5.74) is 1.42. The molecule has 1 heterocycles. The molecule has 2 aromatic carbocycles. The number of nitrogens with one attached hydrogen (secondary N) is 2. The van der Waals surface area contributed by atoms with Crippen LogP contribution in [-0.4, -0.2) is 28.7 Å². The molecule has 1 unspecified atom stereocenters. The molecule has 0 fully saturated rings. The zero-order chi connectivity index (χ0) is 31.9. The van der Waals surface area contributed by atoms with Crippen molar-refractivity contribution in [1.29, 1.82) is 0 Å². The maximum atomic E-state index is 13.5. The molecule has 0 saturated carbocycles. The van der Waals surface area contributed by atoms with Crippen molar-refractivity contribution in [3.05, 3.63) is 50.4 Å². The largest absolute Gasteiger partial charge is 0.340 e. The summed E-state index contributed by atoms with van der Waals surface area (Å²) in [6, 6.07) is 8.28. The molecular formula is C33H44Cl4N4O2S. The molecule has 11 heteroatoms. The van der Waals surface area contributed by atoms with Crippen molar-refractivity contribution >= 4 is 92.9 Å². The first kappa shape index (κ1) is 36.8. The summed E-state index contributed by atoms with van der Waals surface area (Å²) in [6.45, 7) is 4.34. The van der Waals surface area contributed by atoms with Gasteiger partial charge in [0.05, 0.1) is 20.8 Å². The Hall–Kier alpha value is -1.64. The van der Waals surface area contributed by atoms with Crippen LogP contribution in [0.15, 0.2) is 35.4 Å². The predicted octanol–water partition coefficient (Wildman–Crippen LogP) is 11.6. The second-order valence-corrected chi connectivity index (χ2v) is 14.0. The van der Waals surface area contributed by atoms with E-state index in [1.165, 1.54) is 86.7 Å². The van der Waals surface area contributed by atoms with Crippen molar-refractivity contribution in [1.82, 2.24) is 0 Å². The van der Waals surface area contributed by atoms with Gasteiger partial charge in [0, 0.05) is 17.1 Å². The molecule has 1 aliphatic rings. The first-order valence-electron chi connectivity index (χ1n) is 15.8. The number of amides is 2. The predicted molar refractivity (Wildman–Crippen MR) is 192 cm³/mol. The highest BCUT2D eigenvalue weighted by Gasteiger charge is 2.39. The van der Waals surface area contributed by atoms with Crippen molar-refractivity contribution in [2.24, 2.45) is 5.10 Å². The molecule has 0 radical (unpaired) electrons. The maximum absolute atomic E-state index is 13.5. The number of hydrazone groups is 1. The third kappa shape index (κ3) is 11.6. The number of thioether (sulfide) groups is 1. The highest BCUT2D eigenvalue weighted by molar-refractivity contribution is 8.01. The SMILES string of the molecule is CCCCCCCCCCCCCC(=O)Nc1ccc(Cl)c(NC2=NN(c3c(Cl)cc(Cl)cc3Cl)C(=O)C2SCCCC)c1. The van der Waals surface area contributed by atoms with Gasteiger partial charge in [0.15, 0.2) is 5.84 Å². The van der Waals surface area contributed by atoms with Gasteiger partial charge in [-0.05, 0) is 48.9 Å². The van der Waals surface area contributed by atoms with Gasteiger partial charge in [-0.2, -0.15) is 5.01 Å². The molecule has 0 aliphatic carbocycles. The average molecular weight is 703 g/mol. The highest BCUT2D eigenvalue weighted by Crippen LogP contribution is 2.40. The molecule has 2 N–H and O–H groups in total. The lowest BCUT2D eigenvalue weighted by Crippen LogP contribution is -2.32. The zero-order valence-electron chi connectivity index (χ0n) is 25.7. The fourth-order valence-electron chi connectivity index (χ4n) is 4.93. The highest BCUT2D eigenvalue weighted by atomic mass is 35.5. The minimum Gasteiger partial charge on any atom is -0.340 e. The van der Waals surface area contributed by atoms with Crippen LogP contribution in [0.2, 0.25) is 20.1 Å². The Labute approximate surface area is 287 Å². The smallest absolute Gasteiger partial charge is 0.268 e. The Morgan fingerprint density at radius 3 is 2.02 bits per heavy atom. The summed E-state index contributed by atoms with van der Waals surface area (Å²) in [4.78, 5) is 26.2. The molecular weight excluding hydrogens is 658 g/mol. The number of amidine groups is 1. The van der Waals surface area contributed by atoms with E-state index >= 15 is 0 Å². The van der Waals surface area contributed by atoms with Crippen molar-refractivity contribution in [3.63, 3.8) is 0 Å². The molecule has 0 bridgehead atoms. The third-order valence-corrected chi connectivity index (χ3v) is 9.79. The van der Waals surface area contributed by atoms with Gasteiger partial charge < -0.3 is 10.6 Å². The number of carbonyl (C=O) groups is 2. The van der Waals surface area contributed by atoms with E-state index in [0.29, 0.717) is 33.7 Å². The average Bonchev–Trinajstić information content (AvgIpc) is 3.27. The van der Waals surface area contributed by atoms with Gasteiger partial charge in [-0.15, -0.1) is 16.9 Å². The normalized spacial score (nSPS) is 14.7. The molecule has 3 rings (SSSR count). The number of hydrogen-bond acceptors (Lipinski definition) is 5. The number of carbonyl (C=O) groups excluding carboxylic acids is 2.